The van der Waals surface area contributed by atoms with Crippen LogP contribution in [0.1, 0.15) is 11.1 Å². The minimum Gasteiger partial charge on any atom is -0.327 e. The first-order valence-electron chi connectivity index (χ1n) is 3.86. The van der Waals surface area contributed by atoms with E-state index in [4.69, 9.17) is 5.73 Å². The molecule has 2 N–H and O–H groups in total. The van der Waals surface area contributed by atoms with Crippen LogP contribution in [0.5, 0.6) is 0 Å². The fraction of sp³-hybridized carbons (Fsp3) is 0.200. The second kappa shape index (κ2) is 4.43. The van der Waals surface area contributed by atoms with Crippen molar-refractivity contribution in [3.63, 3.8) is 0 Å². The average molecular weight is 226 g/mol. The third kappa shape index (κ3) is 2.80. The normalized spacial score (nSPS) is 10.9. The molecule has 0 amide bonds. The van der Waals surface area contributed by atoms with Gasteiger partial charge in [0.05, 0.1) is 0 Å². The molecule has 0 saturated heterocycles. The molecular formula is C10H12BrN. The maximum absolute atomic E-state index is 5.35. The van der Waals surface area contributed by atoms with Crippen molar-refractivity contribution in [3.8, 4) is 0 Å². The maximum Gasteiger partial charge on any atom is 0.0183 e. The zero-order chi connectivity index (χ0) is 8.97. The lowest BCUT2D eigenvalue weighted by molar-refractivity contribution is 1.26. The molecule has 0 aliphatic heterocycles. The lowest BCUT2D eigenvalue weighted by Crippen LogP contribution is -1.91. The van der Waals surface area contributed by atoms with Gasteiger partial charge < -0.3 is 5.73 Å². The van der Waals surface area contributed by atoms with Gasteiger partial charge in [0.1, 0.15) is 0 Å². The molecule has 0 aliphatic rings. The van der Waals surface area contributed by atoms with Crippen LogP contribution >= 0.6 is 15.9 Å². The molecule has 1 aromatic carbocycles. The Morgan fingerprint density at radius 1 is 1.42 bits per heavy atom. The van der Waals surface area contributed by atoms with Crippen LogP contribution in [0.15, 0.2) is 28.7 Å². The summed E-state index contributed by atoms with van der Waals surface area (Å²) in [5.74, 6) is 0. The van der Waals surface area contributed by atoms with Gasteiger partial charge in [0.25, 0.3) is 0 Å². The van der Waals surface area contributed by atoms with Gasteiger partial charge in [-0.05, 0) is 30.2 Å². The van der Waals surface area contributed by atoms with E-state index in [-0.39, 0.29) is 0 Å². The highest BCUT2D eigenvalue weighted by molar-refractivity contribution is 9.10. The number of benzene rings is 1. The number of hydrogen-bond donors (Lipinski definition) is 1. The largest absolute Gasteiger partial charge is 0.327 e. The third-order valence-corrected chi connectivity index (χ3v) is 1.97. The lowest BCUT2D eigenvalue weighted by Gasteiger charge is -1.97. The number of hydrogen-bond acceptors (Lipinski definition) is 1. The van der Waals surface area contributed by atoms with E-state index >= 15 is 0 Å². The molecule has 0 aliphatic carbocycles. The quantitative estimate of drug-likeness (QED) is 0.824. The first kappa shape index (κ1) is 9.49. The second-order valence-electron chi connectivity index (χ2n) is 2.70. The van der Waals surface area contributed by atoms with E-state index < -0.39 is 0 Å². The van der Waals surface area contributed by atoms with Crippen molar-refractivity contribution in [1.29, 1.82) is 0 Å². The Hall–Kier alpha value is -0.600. The van der Waals surface area contributed by atoms with Crippen LogP contribution in [0.3, 0.4) is 0 Å². The summed E-state index contributed by atoms with van der Waals surface area (Å²) >= 11 is 3.44. The van der Waals surface area contributed by atoms with Gasteiger partial charge in [0, 0.05) is 11.0 Å². The summed E-state index contributed by atoms with van der Waals surface area (Å²) in [4.78, 5) is 0. The molecule has 0 spiro atoms. The molecule has 1 rings (SSSR count). The summed E-state index contributed by atoms with van der Waals surface area (Å²) in [5.41, 5.74) is 7.79. The smallest absolute Gasteiger partial charge is 0.0183 e. The first-order chi connectivity index (χ1) is 5.72. The summed E-state index contributed by atoms with van der Waals surface area (Å²) in [5, 5.41) is 0. The van der Waals surface area contributed by atoms with Gasteiger partial charge in [0.2, 0.25) is 0 Å². The molecule has 64 valence electrons. The van der Waals surface area contributed by atoms with Crippen LogP contribution in [0, 0.1) is 6.92 Å². The van der Waals surface area contributed by atoms with E-state index in [1.807, 2.05) is 12.2 Å². The van der Waals surface area contributed by atoms with E-state index in [9.17, 15) is 0 Å². The molecular weight excluding hydrogens is 214 g/mol. The monoisotopic (exact) mass is 225 g/mol. The molecule has 0 bridgehead atoms. The van der Waals surface area contributed by atoms with Gasteiger partial charge in [-0.1, -0.05) is 34.1 Å². The Bertz CT molecular complexity index is 272. The van der Waals surface area contributed by atoms with E-state index in [1.165, 1.54) is 11.1 Å². The molecule has 2 heteroatoms. The fourth-order valence-electron chi connectivity index (χ4n) is 1.06. The maximum atomic E-state index is 5.35. The average Bonchev–Trinajstić information content (AvgIpc) is 1.99. The summed E-state index contributed by atoms with van der Waals surface area (Å²) in [6.45, 7) is 2.66. The highest BCUT2D eigenvalue weighted by Gasteiger charge is 1.91. The minimum absolute atomic E-state index is 0.589. The van der Waals surface area contributed by atoms with Crippen molar-refractivity contribution in [3.05, 3.63) is 39.9 Å². The Kier molecular flexibility index (Phi) is 3.50. The Balaban J connectivity index is 2.93. The molecule has 0 aromatic heterocycles. The summed E-state index contributed by atoms with van der Waals surface area (Å²) in [6.07, 6.45) is 3.97. The van der Waals surface area contributed by atoms with Gasteiger partial charge in [-0.15, -0.1) is 0 Å². The summed E-state index contributed by atoms with van der Waals surface area (Å²) in [6, 6.07) is 6.27. The van der Waals surface area contributed by atoms with Gasteiger partial charge in [-0.3, -0.25) is 0 Å². The van der Waals surface area contributed by atoms with Crippen molar-refractivity contribution in [2.24, 2.45) is 5.73 Å². The topological polar surface area (TPSA) is 26.0 Å². The Labute approximate surface area is 81.4 Å². The van der Waals surface area contributed by atoms with Crippen molar-refractivity contribution >= 4 is 22.0 Å². The van der Waals surface area contributed by atoms with Crippen molar-refractivity contribution < 1.29 is 0 Å². The highest BCUT2D eigenvalue weighted by atomic mass is 79.9. The standard InChI is InChI=1S/C10H12BrN/c1-8-5-9(3-2-4-12)7-10(11)6-8/h2-3,5-7H,4,12H2,1H3. The van der Waals surface area contributed by atoms with Crippen LogP contribution in [0.4, 0.5) is 0 Å². The molecule has 0 atom stereocenters. The van der Waals surface area contributed by atoms with E-state index in [1.54, 1.807) is 0 Å². The lowest BCUT2D eigenvalue weighted by atomic mass is 10.1. The molecule has 0 fully saturated rings. The van der Waals surface area contributed by atoms with Gasteiger partial charge in [-0.2, -0.15) is 0 Å². The molecule has 12 heavy (non-hydrogen) atoms. The molecule has 1 aromatic rings. The van der Waals surface area contributed by atoms with Crippen molar-refractivity contribution in [2.45, 2.75) is 6.92 Å². The zero-order valence-electron chi connectivity index (χ0n) is 7.05. The number of halogens is 1. The number of aryl methyl sites for hydroxylation is 1. The molecule has 0 unspecified atom stereocenters. The second-order valence-corrected chi connectivity index (χ2v) is 3.62. The van der Waals surface area contributed by atoms with Gasteiger partial charge in [-0.25, -0.2) is 0 Å². The number of rotatable bonds is 2. The van der Waals surface area contributed by atoms with Crippen LogP contribution < -0.4 is 5.73 Å². The molecule has 0 radical (unpaired) electrons. The van der Waals surface area contributed by atoms with Gasteiger partial charge in [0.15, 0.2) is 0 Å². The molecule has 1 nitrogen and oxygen atoms in total. The Morgan fingerprint density at radius 3 is 2.75 bits per heavy atom. The molecule has 0 heterocycles. The summed E-state index contributed by atoms with van der Waals surface area (Å²) < 4.78 is 1.11. The SMILES string of the molecule is Cc1cc(Br)cc(C=CCN)c1. The van der Waals surface area contributed by atoms with Crippen molar-refractivity contribution in [1.82, 2.24) is 0 Å². The van der Waals surface area contributed by atoms with E-state index in [0.29, 0.717) is 6.54 Å². The first-order valence-corrected chi connectivity index (χ1v) is 4.65. The zero-order valence-corrected chi connectivity index (χ0v) is 8.64. The predicted molar refractivity (Wildman–Crippen MR) is 57.0 cm³/mol. The molecule has 0 saturated carbocycles. The van der Waals surface area contributed by atoms with Crippen LogP contribution in [0.25, 0.3) is 6.08 Å². The van der Waals surface area contributed by atoms with Crippen LogP contribution in [0.2, 0.25) is 0 Å². The minimum atomic E-state index is 0.589. The predicted octanol–water partition coefficient (Wildman–Crippen LogP) is 2.73. The van der Waals surface area contributed by atoms with Gasteiger partial charge >= 0.3 is 0 Å². The van der Waals surface area contributed by atoms with E-state index in [0.717, 1.165) is 4.47 Å². The van der Waals surface area contributed by atoms with Crippen molar-refractivity contribution in [2.75, 3.05) is 6.54 Å². The highest BCUT2D eigenvalue weighted by Crippen LogP contribution is 2.15. The summed E-state index contributed by atoms with van der Waals surface area (Å²) in [7, 11) is 0. The third-order valence-electron chi connectivity index (χ3n) is 1.51. The number of nitrogens with two attached hydrogens (primary N) is 1. The fourth-order valence-corrected chi connectivity index (χ4v) is 1.69. The van der Waals surface area contributed by atoms with Crippen LogP contribution in [-0.4, -0.2) is 6.54 Å². The van der Waals surface area contributed by atoms with Crippen LogP contribution in [-0.2, 0) is 0 Å². The van der Waals surface area contributed by atoms with E-state index in [2.05, 4.69) is 41.1 Å². The Morgan fingerprint density at radius 2 is 2.17 bits per heavy atom.